The highest BCUT2D eigenvalue weighted by molar-refractivity contribution is 7.91. The van der Waals surface area contributed by atoms with Gasteiger partial charge in [0.1, 0.15) is 12.2 Å². The summed E-state index contributed by atoms with van der Waals surface area (Å²) in [7, 11) is -3.32. The van der Waals surface area contributed by atoms with E-state index in [-0.39, 0.29) is 12.3 Å². The number of aryl methyl sites for hydroxylation is 1. The molecule has 1 aromatic heterocycles. The molecule has 8 nitrogen and oxygen atoms in total. The van der Waals surface area contributed by atoms with Crippen molar-refractivity contribution in [1.82, 2.24) is 25.4 Å². The molecule has 2 aromatic rings. The van der Waals surface area contributed by atoms with Gasteiger partial charge in [0.15, 0.2) is 15.8 Å². The number of sulfone groups is 1. The zero-order chi connectivity index (χ0) is 18.8. The number of hydrogen-bond acceptors (Lipinski definition) is 5. The van der Waals surface area contributed by atoms with E-state index in [0.29, 0.717) is 30.5 Å². The molecule has 1 aromatic carbocycles. The second-order valence-electron chi connectivity index (χ2n) is 5.61. The Balaban J connectivity index is 1.88. The molecule has 9 heteroatoms. The first-order chi connectivity index (χ1) is 12.6. The van der Waals surface area contributed by atoms with Gasteiger partial charge < -0.3 is 15.2 Å². The Hall–Kier alpha value is -2.42. The molecule has 26 heavy (non-hydrogen) atoms. The Morgan fingerprint density at radius 3 is 2.65 bits per heavy atom. The van der Waals surface area contributed by atoms with E-state index in [9.17, 15) is 8.42 Å². The molecule has 0 aliphatic heterocycles. The van der Waals surface area contributed by atoms with Crippen molar-refractivity contribution in [2.75, 3.05) is 25.4 Å². The molecule has 2 rings (SSSR count). The van der Waals surface area contributed by atoms with Gasteiger partial charge in [0, 0.05) is 26.1 Å². The SMILES string of the molecule is CCNC(=NCCS(=O)(=O)c1ccccc1)NCCn1cnnc1CC. The molecule has 0 fully saturated rings. The van der Waals surface area contributed by atoms with Crippen LogP contribution in [-0.4, -0.2) is 54.5 Å². The Labute approximate surface area is 154 Å². The fraction of sp³-hybridized carbons (Fsp3) is 0.471. The lowest BCUT2D eigenvalue weighted by Crippen LogP contribution is -2.39. The number of aromatic nitrogens is 3. The number of aliphatic imine (C=N–C) groups is 1. The number of nitrogens with one attached hydrogen (secondary N) is 2. The fourth-order valence-corrected chi connectivity index (χ4v) is 3.54. The maximum Gasteiger partial charge on any atom is 0.191 e. The van der Waals surface area contributed by atoms with Crippen LogP contribution in [-0.2, 0) is 22.8 Å². The molecule has 0 bridgehead atoms. The van der Waals surface area contributed by atoms with Gasteiger partial charge in [-0.15, -0.1) is 10.2 Å². The number of guanidine groups is 1. The highest BCUT2D eigenvalue weighted by atomic mass is 32.2. The average Bonchev–Trinajstić information content (AvgIpc) is 3.10. The van der Waals surface area contributed by atoms with Gasteiger partial charge in [-0.25, -0.2) is 8.42 Å². The van der Waals surface area contributed by atoms with Crippen LogP contribution in [0.4, 0.5) is 0 Å². The van der Waals surface area contributed by atoms with Crippen LogP contribution in [0.3, 0.4) is 0 Å². The molecule has 2 N–H and O–H groups in total. The molecule has 0 radical (unpaired) electrons. The van der Waals surface area contributed by atoms with Crippen LogP contribution in [0.1, 0.15) is 19.7 Å². The topological polar surface area (TPSA) is 101 Å². The molecular weight excluding hydrogens is 352 g/mol. The molecule has 0 aliphatic rings. The summed E-state index contributed by atoms with van der Waals surface area (Å²) in [5, 5.41) is 14.3. The van der Waals surface area contributed by atoms with Crippen LogP contribution in [0.15, 0.2) is 46.5 Å². The summed E-state index contributed by atoms with van der Waals surface area (Å²) < 4.78 is 26.6. The van der Waals surface area contributed by atoms with E-state index < -0.39 is 9.84 Å². The van der Waals surface area contributed by atoms with Crippen LogP contribution >= 0.6 is 0 Å². The maximum atomic E-state index is 12.3. The van der Waals surface area contributed by atoms with Crippen molar-refractivity contribution in [3.05, 3.63) is 42.5 Å². The van der Waals surface area contributed by atoms with E-state index in [0.717, 1.165) is 12.2 Å². The quantitative estimate of drug-likeness (QED) is 0.496. The van der Waals surface area contributed by atoms with Crippen molar-refractivity contribution < 1.29 is 8.42 Å². The monoisotopic (exact) mass is 378 g/mol. The van der Waals surface area contributed by atoms with Crippen LogP contribution in [0.2, 0.25) is 0 Å². The predicted octanol–water partition coefficient (Wildman–Crippen LogP) is 0.870. The Bertz CT molecular complexity index is 802. The van der Waals surface area contributed by atoms with Crippen LogP contribution in [0.25, 0.3) is 0 Å². The number of benzene rings is 1. The van der Waals surface area contributed by atoms with Gasteiger partial charge in [0.2, 0.25) is 0 Å². The molecule has 0 saturated heterocycles. The van der Waals surface area contributed by atoms with Crippen LogP contribution in [0, 0.1) is 0 Å². The summed E-state index contributed by atoms with van der Waals surface area (Å²) in [6.45, 7) is 6.24. The largest absolute Gasteiger partial charge is 0.357 e. The first-order valence-electron chi connectivity index (χ1n) is 8.73. The van der Waals surface area contributed by atoms with Gasteiger partial charge in [-0.05, 0) is 19.1 Å². The molecule has 142 valence electrons. The molecule has 0 aliphatic carbocycles. The summed E-state index contributed by atoms with van der Waals surface area (Å²) >= 11 is 0. The van der Waals surface area contributed by atoms with E-state index in [2.05, 4.69) is 25.8 Å². The third-order valence-corrected chi connectivity index (χ3v) is 5.44. The third kappa shape index (κ3) is 5.83. The van der Waals surface area contributed by atoms with E-state index in [1.165, 1.54) is 0 Å². The summed E-state index contributed by atoms with van der Waals surface area (Å²) in [5.74, 6) is 1.50. The summed E-state index contributed by atoms with van der Waals surface area (Å²) in [5.41, 5.74) is 0. The van der Waals surface area contributed by atoms with Gasteiger partial charge in [0.05, 0.1) is 17.2 Å². The molecule has 0 amide bonds. The summed E-state index contributed by atoms with van der Waals surface area (Å²) in [6, 6.07) is 8.44. The fourth-order valence-electron chi connectivity index (χ4n) is 2.40. The van der Waals surface area contributed by atoms with Crippen molar-refractivity contribution in [1.29, 1.82) is 0 Å². The minimum Gasteiger partial charge on any atom is -0.357 e. The van der Waals surface area contributed by atoms with Crippen molar-refractivity contribution >= 4 is 15.8 Å². The summed E-state index contributed by atoms with van der Waals surface area (Å²) in [4.78, 5) is 4.69. The van der Waals surface area contributed by atoms with Crippen molar-refractivity contribution in [3.63, 3.8) is 0 Å². The highest BCUT2D eigenvalue weighted by Crippen LogP contribution is 2.09. The van der Waals surface area contributed by atoms with Gasteiger partial charge in [-0.1, -0.05) is 25.1 Å². The number of hydrogen-bond donors (Lipinski definition) is 2. The van der Waals surface area contributed by atoms with Crippen LogP contribution < -0.4 is 10.6 Å². The molecule has 1 heterocycles. The standard InChI is InChI=1S/C17H26N6O2S/c1-3-16-22-21-14-23(16)12-10-19-17(18-4-2)20-11-13-26(24,25)15-8-6-5-7-9-15/h5-9,14H,3-4,10-13H2,1-2H3,(H2,18,19,20). The van der Waals surface area contributed by atoms with Gasteiger partial charge >= 0.3 is 0 Å². The van der Waals surface area contributed by atoms with Crippen molar-refractivity contribution in [2.24, 2.45) is 4.99 Å². The minimum absolute atomic E-state index is 0.0288. The van der Waals surface area contributed by atoms with Gasteiger partial charge in [-0.2, -0.15) is 0 Å². The van der Waals surface area contributed by atoms with Gasteiger partial charge in [0.25, 0.3) is 0 Å². The highest BCUT2D eigenvalue weighted by Gasteiger charge is 2.13. The van der Waals surface area contributed by atoms with E-state index in [4.69, 9.17) is 0 Å². The Kier molecular flexibility index (Phi) is 7.58. The zero-order valence-electron chi connectivity index (χ0n) is 15.2. The first kappa shape index (κ1) is 19.9. The lowest BCUT2D eigenvalue weighted by atomic mass is 10.4. The minimum atomic E-state index is -3.32. The predicted molar refractivity (Wildman–Crippen MR) is 102 cm³/mol. The number of rotatable bonds is 9. The summed E-state index contributed by atoms with van der Waals surface area (Å²) in [6.07, 6.45) is 2.53. The van der Waals surface area contributed by atoms with Crippen molar-refractivity contribution in [2.45, 2.75) is 31.7 Å². The average molecular weight is 379 g/mol. The molecule has 0 spiro atoms. The number of nitrogens with zero attached hydrogens (tertiary/aromatic N) is 4. The van der Waals surface area contributed by atoms with E-state index in [1.54, 1.807) is 36.7 Å². The normalized spacial score (nSPS) is 12.2. The van der Waals surface area contributed by atoms with Crippen molar-refractivity contribution in [3.8, 4) is 0 Å². The smallest absolute Gasteiger partial charge is 0.191 e. The zero-order valence-corrected chi connectivity index (χ0v) is 16.0. The second kappa shape index (κ2) is 9.91. The molecule has 0 atom stereocenters. The maximum absolute atomic E-state index is 12.3. The third-order valence-electron chi connectivity index (χ3n) is 3.73. The second-order valence-corrected chi connectivity index (χ2v) is 7.72. The Morgan fingerprint density at radius 2 is 1.96 bits per heavy atom. The molecule has 0 unspecified atom stereocenters. The first-order valence-corrected chi connectivity index (χ1v) is 10.4. The van der Waals surface area contributed by atoms with Crippen LogP contribution in [0.5, 0.6) is 0 Å². The van der Waals surface area contributed by atoms with Gasteiger partial charge in [-0.3, -0.25) is 4.99 Å². The lowest BCUT2D eigenvalue weighted by Gasteiger charge is -2.12. The molecule has 0 saturated carbocycles. The molecular formula is C17H26N6O2S. The van der Waals surface area contributed by atoms with E-state index >= 15 is 0 Å². The Morgan fingerprint density at radius 1 is 1.19 bits per heavy atom. The lowest BCUT2D eigenvalue weighted by molar-refractivity contribution is 0.595. The van der Waals surface area contributed by atoms with E-state index in [1.807, 2.05) is 18.4 Å².